The van der Waals surface area contributed by atoms with Gasteiger partial charge in [-0.15, -0.1) is 0 Å². The Kier molecular flexibility index (Phi) is 4.34. The van der Waals surface area contributed by atoms with Gasteiger partial charge in [-0.3, -0.25) is 0 Å². The van der Waals surface area contributed by atoms with E-state index in [9.17, 15) is 9.18 Å². The third kappa shape index (κ3) is 3.31. The molecule has 1 aromatic heterocycles. The van der Waals surface area contributed by atoms with Gasteiger partial charge in [0.25, 0.3) is 0 Å². The van der Waals surface area contributed by atoms with Gasteiger partial charge in [0.15, 0.2) is 5.76 Å². The van der Waals surface area contributed by atoms with Crippen molar-refractivity contribution < 1.29 is 18.4 Å². The first-order chi connectivity index (χ1) is 11.7. The summed E-state index contributed by atoms with van der Waals surface area (Å²) in [5, 5.41) is 12.5. The van der Waals surface area contributed by atoms with E-state index in [-0.39, 0.29) is 17.9 Å². The molecule has 0 bridgehead atoms. The predicted octanol–water partition coefficient (Wildman–Crippen LogP) is 3.71. The van der Waals surface area contributed by atoms with Gasteiger partial charge in [0.1, 0.15) is 18.1 Å². The molecule has 0 saturated carbocycles. The number of nitrogens with zero attached hydrogens (tertiary/aromatic N) is 2. The zero-order chi connectivity index (χ0) is 16.9. The molecular weight excluding hydrogens is 311 g/mol. The lowest BCUT2D eigenvalue weighted by atomic mass is 10.1. The van der Waals surface area contributed by atoms with E-state index in [2.05, 4.69) is 5.16 Å². The number of nitriles is 1. The minimum atomic E-state index is -0.546. The van der Waals surface area contributed by atoms with Gasteiger partial charge in [0.05, 0.1) is 22.8 Å². The fourth-order valence-corrected chi connectivity index (χ4v) is 2.07. The van der Waals surface area contributed by atoms with Gasteiger partial charge >= 0.3 is 5.97 Å². The number of ether oxygens (including phenoxy) is 1. The van der Waals surface area contributed by atoms with Crippen LogP contribution in [0.5, 0.6) is 0 Å². The summed E-state index contributed by atoms with van der Waals surface area (Å²) < 4.78 is 23.9. The number of benzene rings is 2. The molecule has 5 nitrogen and oxygen atoms in total. The number of aromatic nitrogens is 1. The highest BCUT2D eigenvalue weighted by Gasteiger charge is 2.13. The maximum Gasteiger partial charge on any atom is 0.338 e. The molecule has 0 fully saturated rings. The number of carbonyl (C=O) groups excluding carboxylic acids is 1. The Bertz CT molecular complexity index is 911. The quantitative estimate of drug-likeness (QED) is 0.684. The zero-order valence-corrected chi connectivity index (χ0v) is 12.4. The largest absolute Gasteiger partial charge is 0.455 e. The van der Waals surface area contributed by atoms with Crippen molar-refractivity contribution >= 4 is 5.97 Å². The fourth-order valence-electron chi connectivity index (χ4n) is 2.07. The fraction of sp³-hybridized carbons (Fsp3) is 0.0556. The Morgan fingerprint density at radius 2 is 1.96 bits per heavy atom. The highest BCUT2D eigenvalue weighted by Crippen LogP contribution is 2.23. The Morgan fingerprint density at radius 3 is 2.67 bits per heavy atom. The average molecular weight is 322 g/mol. The van der Waals surface area contributed by atoms with Crippen LogP contribution in [-0.4, -0.2) is 11.1 Å². The molecular formula is C18H11FN2O3. The van der Waals surface area contributed by atoms with Crippen LogP contribution in [0.1, 0.15) is 21.6 Å². The number of hydrogen-bond acceptors (Lipinski definition) is 5. The van der Waals surface area contributed by atoms with Crippen LogP contribution in [0.2, 0.25) is 0 Å². The van der Waals surface area contributed by atoms with Crippen LogP contribution >= 0.6 is 0 Å². The van der Waals surface area contributed by atoms with Gasteiger partial charge in [0, 0.05) is 6.07 Å². The molecule has 0 saturated heterocycles. The third-order valence-electron chi connectivity index (χ3n) is 3.30. The van der Waals surface area contributed by atoms with Gasteiger partial charge in [-0.2, -0.15) is 5.26 Å². The first-order valence-corrected chi connectivity index (χ1v) is 7.05. The van der Waals surface area contributed by atoms with E-state index < -0.39 is 11.8 Å². The summed E-state index contributed by atoms with van der Waals surface area (Å²) in [5.41, 5.74) is 1.44. The lowest BCUT2D eigenvalue weighted by Crippen LogP contribution is -2.05. The van der Waals surface area contributed by atoms with E-state index in [1.807, 2.05) is 6.07 Å². The third-order valence-corrected chi connectivity index (χ3v) is 3.30. The highest BCUT2D eigenvalue weighted by molar-refractivity contribution is 5.89. The highest BCUT2D eigenvalue weighted by atomic mass is 19.1. The molecule has 0 amide bonds. The summed E-state index contributed by atoms with van der Waals surface area (Å²) in [5.74, 6) is -0.706. The molecule has 0 unspecified atom stereocenters. The Hall–Kier alpha value is -3.46. The molecule has 0 spiro atoms. The smallest absolute Gasteiger partial charge is 0.338 e. The summed E-state index contributed by atoms with van der Waals surface area (Å²) in [6.45, 7) is -0.100. The summed E-state index contributed by atoms with van der Waals surface area (Å²) in [6, 6.07) is 15.7. The van der Waals surface area contributed by atoms with Crippen LogP contribution in [-0.2, 0) is 11.3 Å². The number of carbonyl (C=O) groups is 1. The van der Waals surface area contributed by atoms with E-state index in [4.69, 9.17) is 14.5 Å². The predicted molar refractivity (Wildman–Crippen MR) is 82.2 cm³/mol. The van der Waals surface area contributed by atoms with Crippen LogP contribution in [0.3, 0.4) is 0 Å². The van der Waals surface area contributed by atoms with E-state index in [1.165, 1.54) is 36.4 Å². The zero-order valence-electron chi connectivity index (χ0n) is 12.4. The molecule has 3 rings (SSSR count). The van der Waals surface area contributed by atoms with Crippen molar-refractivity contribution in [1.82, 2.24) is 5.16 Å². The van der Waals surface area contributed by atoms with Crippen molar-refractivity contribution in [2.45, 2.75) is 6.61 Å². The average Bonchev–Trinajstić information content (AvgIpc) is 3.09. The van der Waals surface area contributed by atoms with Crippen LogP contribution < -0.4 is 0 Å². The van der Waals surface area contributed by atoms with Crippen molar-refractivity contribution in [2.24, 2.45) is 0 Å². The maximum atomic E-state index is 13.7. The second kappa shape index (κ2) is 6.75. The van der Waals surface area contributed by atoms with Gasteiger partial charge in [-0.25, -0.2) is 9.18 Å². The van der Waals surface area contributed by atoms with Crippen LogP contribution in [0.15, 0.2) is 59.1 Å². The van der Waals surface area contributed by atoms with Crippen LogP contribution in [0, 0.1) is 17.1 Å². The molecule has 6 heteroatoms. The molecule has 118 valence electrons. The molecule has 0 radical (unpaired) electrons. The van der Waals surface area contributed by atoms with Crippen LogP contribution in [0.4, 0.5) is 4.39 Å². The first-order valence-electron chi connectivity index (χ1n) is 7.05. The normalized spacial score (nSPS) is 10.2. The number of esters is 1. The second-order valence-electron chi connectivity index (χ2n) is 4.93. The van der Waals surface area contributed by atoms with Gasteiger partial charge in [-0.05, 0) is 36.4 Å². The molecule has 1 heterocycles. The topological polar surface area (TPSA) is 76.1 Å². The molecule has 0 aliphatic heterocycles. The van der Waals surface area contributed by atoms with Gasteiger partial charge in [-0.1, -0.05) is 17.3 Å². The number of halogens is 1. The summed E-state index contributed by atoms with van der Waals surface area (Å²) in [6.07, 6.45) is 0. The Morgan fingerprint density at radius 1 is 1.21 bits per heavy atom. The lowest BCUT2D eigenvalue weighted by Gasteiger charge is -2.02. The standard InChI is InChI=1S/C18H11FN2O3/c19-16-4-2-1-3-15(16)17-9-14(21-24-17)11-23-18(22)13-7-5-12(10-20)6-8-13/h1-9H,11H2. The minimum absolute atomic E-state index is 0.100. The molecule has 3 aromatic rings. The van der Waals surface area contributed by atoms with Crippen molar-refractivity contribution in [3.8, 4) is 17.4 Å². The Balaban J connectivity index is 1.66. The van der Waals surface area contributed by atoms with E-state index in [0.29, 0.717) is 16.8 Å². The summed E-state index contributed by atoms with van der Waals surface area (Å²) in [4.78, 5) is 11.9. The van der Waals surface area contributed by atoms with E-state index >= 15 is 0 Å². The van der Waals surface area contributed by atoms with Gasteiger partial charge < -0.3 is 9.26 Å². The molecule has 2 aromatic carbocycles. The van der Waals surface area contributed by atoms with Crippen molar-refractivity contribution in [1.29, 1.82) is 5.26 Å². The SMILES string of the molecule is N#Cc1ccc(C(=O)OCc2cc(-c3ccccc3F)on2)cc1. The summed E-state index contributed by atoms with van der Waals surface area (Å²) in [7, 11) is 0. The van der Waals surface area contributed by atoms with Crippen LogP contribution in [0.25, 0.3) is 11.3 Å². The molecule has 24 heavy (non-hydrogen) atoms. The number of hydrogen-bond donors (Lipinski definition) is 0. The first kappa shape index (κ1) is 15.4. The van der Waals surface area contributed by atoms with Crippen molar-refractivity contribution in [3.05, 3.63) is 77.2 Å². The van der Waals surface area contributed by atoms with Crippen molar-refractivity contribution in [3.63, 3.8) is 0 Å². The molecule has 0 aliphatic carbocycles. The summed E-state index contributed by atoms with van der Waals surface area (Å²) >= 11 is 0. The maximum absolute atomic E-state index is 13.7. The van der Waals surface area contributed by atoms with E-state index in [1.54, 1.807) is 18.2 Å². The molecule has 0 N–H and O–H groups in total. The van der Waals surface area contributed by atoms with Gasteiger partial charge in [0.2, 0.25) is 0 Å². The monoisotopic (exact) mass is 322 g/mol. The molecule has 0 atom stereocenters. The molecule has 0 aliphatic rings. The minimum Gasteiger partial charge on any atom is -0.455 e. The Labute approximate surface area is 136 Å². The second-order valence-corrected chi connectivity index (χ2v) is 4.93. The van der Waals surface area contributed by atoms with Crippen molar-refractivity contribution in [2.75, 3.05) is 0 Å². The lowest BCUT2D eigenvalue weighted by molar-refractivity contribution is 0.0464. The number of rotatable bonds is 4. The van der Waals surface area contributed by atoms with E-state index in [0.717, 1.165) is 0 Å².